The van der Waals surface area contributed by atoms with E-state index in [-0.39, 0.29) is 36.3 Å². The fraction of sp³-hybridized carbons (Fsp3) is 0.636. The highest BCUT2D eigenvalue weighted by Crippen LogP contribution is 2.29. The third-order valence-electron chi connectivity index (χ3n) is 2.78. The number of nitrogens with one attached hydrogen (secondary N) is 2. The van der Waals surface area contributed by atoms with Gasteiger partial charge in [-0.2, -0.15) is 17.5 Å². The minimum absolute atomic E-state index is 0.0645. The molecule has 1 saturated carbocycles. The van der Waals surface area contributed by atoms with E-state index in [1.54, 1.807) is 0 Å². The maximum atomic E-state index is 12.0. The van der Waals surface area contributed by atoms with Crippen LogP contribution in [-0.4, -0.2) is 29.0 Å². The van der Waals surface area contributed by atoms with E-state index in [4.69, 9.17) is 5.73 Å². The van der Waals surface area contributed by atoms with Gasteiger partial charge in [-0.25, -0.2) is 0 Å². The Kier molecular flexibility index (Phi) is 4.36. The lowest BCUT2D eigenvalue weighted by molar-refractivity contribution is -0.134. The SMILES string of the molecule is Nc1nsc(NCCCC(F)(F)F)c1C(=O)NC1CC1. The van der Waals surface area contributed by atoms with Crippen molar-refractivity contribution >= 4 is 28.3 Å². The van der Waals surface area contributed by atoms with Crippen molar-refractivity contribution in [3.8, 4) is 0 Å². The zero-order valence-corrected chi connectivity index (χ0v) is 11.4. The summed E-state index contributed by atoms with van der Waals surface area (Å²) in [5, 5.41) is 6.00. The van der Waals surface area contributed by atoms with Gasteiger partial charge >= 0.3 is 6.18 Å². The van der Waals surface area contributed by atoms with Crippen LogP contribution in [0.2, 0.25) is 0 Å². The molecule has 2 rings (SSSR count). The Hall–Kier alpha value is -1.51. The Bertz CT molecular complexity index is 485. The number of carbonyl (C=O) groups excluding carboxylic acids is 1. The molecular formula is C11H15F3N4OS. The molecule has 112 valence electrons. The van der Waals surface area contributed by atoms with E-state index in [0.29, 0.717) is 5.00 Å². The summed E-state index contributed by atoms with van der Waals surface area (Å²) in [4.78, 5) is 11.9. The van der Waals surface area contributed by atoms with Crippen molar-refractivity contribution in [3.05, 3.63) is 5.56 Å². The molecule has 1 aromatic rings. The highest BCUT2D eigenvalue weighted by atomic mass is 32.1. The Morgan fingerprint density at radius 1 is 1.45 bits per heavy atom. The lowest BCUT2D eigenvalue weighted by Crippen LogP contribution is -2.26. The van der Waals surface area contributed by atoms with Crippen LogP contribution in [0.25, 0.3) is 0 Å². The summed E-state index contributed by atoms with van der Waals surface area (Å²) in [7, 11) is 0. The molecule has 1 aliphatic rings. The number of nitrogen functional groups attached to an aromatic ring is 1. The van der Waals surface area contributed by atoms with Gasteiger partial charge < -0.3 is 16.4 Å². The van der Waals surface area contributed by atoms with Gasteiger partial charge in [0.1, 0.15) is 10.6 Å². The fourth-order valence-corrected chi connectivity index (χ4v) is 2.35. The van der Waals surface area contributed by atoms with Crippen LogP contribution < -0.4 is 16.4 Å². The highest BCUT2D eigenvalue weighted by Gasteiger charge is 2.28. The Morgan fingerprint density at radius 2 is 2.15 bits per heavy atom. The lowest BCUT2D eigenvalue weighted by Gasteiger charge is -2.09. The van der Waals surface area contributed by atoms with Gasteiger partial charge in [-0.15, -0.1) is 0 Å². The van der Waals surface area contributed by atoms with E-state index in [1.807, 2.05) is 0 Å². The summed E-state index contributed by atoms with van der Waals surface area (Å²) in [5.41, 5.74) is 5.86. The smallest absolute Gasteiger partial charge is 0.382 e. The first-order chi connectivity index (χ1) is 9.37. The molecule has 0 radical (unpaired) electrons. The number of nitrogens with zero attached hydrogens (tertiary/aromatic N) is 1. The zero-order chi connectivity index (χ0) is 14.8. The van der Waals surface area contributed by atoms with E-state index in [1.165, 1.54) is 0 Å². The topological polar surface area (TPSA) is 80.0 Å². The summed E-state index contributed by atoms with van der Waals surface area (Å²) < 4.78 is 39.9. The number of aromatic nitrogens is 1. The molecule has 0 spiro atoms. The van der Waals surface area contributed by atoms with Gasteiger partial charge in [0.15, 0.2) is 5.82 Å². The first-order valence-corrected chi connectivity index (χ1v) is 7.01. The average Bonchev–Trinajstić information content (AvgIpc) is 3.06. The van der Waals surface area contributed by atoms with Crippen LogP contribution in [0.15, 0.2) is 0 Å². The van der Waals surface area contributed by atoms with Gasteiger partial charge in [-0.05, 0) is 30.8 Å². The summed E-state index contributed by atoms with van der Waals surface area (Å²) in [6.07, 6.45) is -3.21. The normalized spacial score (nSPS) is 15.2. The van der Waals surface area contributed by atoms with Gasteiger partial charge in [0, 0.05) is 19.0 Å². The third-order valence-corrected chi connectivity index (χ3v) is 3.60. The van der Waals surface area contributed by atoms with Crippen molar-refractivity contribution in [1.29, 1.82) is 0 Å². The van der Waals surface area contributed by atoms with E-state index in [0.717, 1.165) is 24.4 Å². The summed E-state index contributed by atoms with van der Waals surface area (Å²) in [5.74, 6) is -0.219. The number of halogens is 3. The lowest BCUT2D eigenvalue weighted by atomic mass is 10.2. The molecule has 5 nitrogen and oxygen atoms in total. The van der Waals surface area contributed by atoms with E-state index in [2.05, 4.69) is 15.0 Å². The number of hydrogen-bond acceptors (Lipinski definition) is 5. The van der Waals surface area contributed by atoms with Crippen LogP contribution in [-0.2, 0) is 0 Å². The van der Waals surface area contributed by atoms with E-state index < -0.39 is 12.6 Å². The molecule has 0 bridgehead atoms. The molecule has 1 heterocycles. The van der Waals surface area contributed by atoms with Crippen LogP contribution >= 0.6 is 11.5 Å². The Balaban J connectivity index is 1.89. The molecule has 1 amide bonds. The molecule has 0 aliphatic heterocycles. The van der Waals surface area contributed by atoms with Crippen LogP contribution in [0.3, 0.4) is 0 Å². The maximum Gasteiger partial charge on any atom is 0.389 e. The molecule has 1 fully saturated rings. The summed E-state index contributed by atoms with van der Waals surface area (Å²) >= 11 is 0.982. The second-order valence-corrected chi connectivity index (χ2v) is 5.44. The third kappa shape index (κ3) is 4.26. The van der Waals surface area contributed by atoms with Gasteiger partial charge in [-0.1, -0.05) is 0 Å². The number of carbonyl (C=O) groups is 1. The second kappa shape index (κ2) is 5.86. The molecule has 1 aromatic heterocycles. The Labute approximate surface area is 117 Å². The van der Waals surface area contributed by atoms with Crippen molar-refractivity contribution in [1.82, 2.24) is 9.69 Å². The first-order valence-electron chi connectivity index (χ1n) is 6.23. The number of alkyl halides is 3. The van der Waals surface area contributed by atoms with Gasteiger partial charge in [0.2, 0.25) is 0 Å². The van der Waals surface area contributed by atoms with Crippen molar-refractivity contribution in [3.63, 3.8) is 0 Å². The molecule has 1 aliphatic carbocycles. The molecule has 0 atom stereocenters. The van der Waals surface area contributed by atoms with Gasteiger partial charge in [-0.3, -0.25) is 4.79 Å². The van der Waals surface area contributed by atoms with E-state index in [9.17, 15) is 18.0 Å². The van der Waals surface area contributed by atoms with Crippen molar-refractivity contribution in [2.24, 2.45) is 0 Å². The number of amides is 1. The predicted molar refractivity (Wildman–Crippen MR) is 70.8 cm³/mol. The predicted octanol–water partition coefficient (Wildman–Crippen LogP) is 2.37. The fourth-order valence-electron chi connectivity index (χ4n) is 1.62. The summed E-state index contributed by atoms with van der Waals surface area (Å²) in [6, 6.07) is 0.180. The van der Waals surface area contributed by atoms with E-state index >= 15 is 0 Å². The average molecular weight is 308 g/mol. The minimum atomic E-state index is -4.17. The van der Waals surface area contributed by atoms with Crippen LogP contribution in [0.4, 0.5) is 24.0 Å². The van der Waals surface area contributed by atoms with Crippen molar-refractivity contribution < 1.29 is 18.0 Å². The second-order valence-electron chi connectivity index (χ2n) is 4.67. The zero-order valence-electron chi connectivity index (χ0n) is 10.6. The largest absolute Gasteiger partial charge is 0.389 e. The molecule has 4 N–H and O–H groups in total. The summed E-state index contributed by atoms with van der Waals surface area (Å²) in [6.45, 7) is 0.116. The van der Waals surface area contributed by atoms with Crippen LogP contribution in [0.5, 0.6) is 0 Å². The quantitative estimate of drug-likeness (QED) is 0.705. The monoisotopic (exact) mass is 308 g/mol. The molecule has 0 saturated heterocycles. The standard InChI is InChI=1S/C11H15F3N4OS/c12-11(13,14)4-1-5-16-10-7(8(15)18-20-10)9(19)17-6-2-3-6/h6,16H,1-5H2,(H2,15,18)(H,17,19). The molecule has 9 heteroatoms. The number of hydrogen-bond donors (Lipinski definition) is 3. The van der Waals surface area contributed by atoms with Crippen molar-refractivity contribution in [2.45, 2.75) is 37.9 Å². The van der Waals surface area contributed by atoms with Crippen LogP contribution in [0, 0.1) is 0 Å². The molecule has 0 aromatic carbocycles. The minimum Gasteiger partial charge on any atom is -0.382 e. The number of rotatable bonds is 6. The highest BCUT2D eigenvalue weighted by molar-refractivity contribution is 7.11. The Morgan fingerprint density at radius 3 is 2.75 bits per heavy atom. The van der Waals surface area contributed by atoms with Crippen LogP contribution in [0.1, 0.15) is 36.0 Å². The van der Waals surface area contributed by atoms with Crippen molar-refractivity contribution in [2.75, 3.05) is 17.6 Å². The number of nitrogens with two attached hydrogens (primary N) is 1. The van der Waals surface area contributed by atoms with Gasteiger partial charge in [0.05, 0.1) is 0 Å². The molecule has 0 unspecified atom stereocenters. The first kappa shape index (κ1) is 14.9. The maximum absolute atomic E-state index is 12.0. The molecule has 20 heavy (non-hydrogen) atoms. The molecular weight excluding hydrogens is 293 g/mol. The number of anilines is 2. The van der Waals surface area contributed by atoms with Gasteiger partial charge in [0.25, 0.3) is 5.91 Å².